The van der Waals surface area contributed by atoms with Crippen molar-refractivity contribution in [3.8, 4) is 0 Å². The molecule has 0 N–H and O–H groups in total. The lowest BCUT2D eigenvalue weighted by atomic mass is 10.3. The van der Waals surface area contributed by atoms with Crippen LogP contribution in [0.4, 0.5) is 0 Å². The highest BCUT2D eigenvalue weighted by Gasteiger charge is 2.31. The van der Waals surface area contributed by atoms with Crippen molar-refractivity contribution >= 4 is 50.5 Å². The molecule has 0 rings (SSSR count). The van der Waals surface area contributed by atoms with Crippen LogP contribution in [0, 0.1) is 0 Å². The molecule has 0 spiro atoms. The van der Waals surface area contributed by atoms with E-state index in [0.29, 0.717) is 0 Å². The van der Waals surface area contributed by atoms with E-state index in [2.05, 4.69) is 41.5 Å². The predicted octanol–water partition coefficient (Wildman–Crippen LogP) is 8.36. The highest BCUT2D eigenvalue weighted by atomic mass is 33.5. The van der Waals surface area contributed by atoms with E-state index in [1.807, 2.05) is 31.4 Å². The van der Waals surface area contributed by atoms with Crippen LogP contribution in [-0.4, -0.2) is 67.8 Å². The van der Waals surface area contributed by atoms with Crippen LogP contribution in [0.15, 0.2) is 0 Å². The van der Waals surface area contributed by atoms with Crippen LogP contribution in [0.1, 0.15) is 119 Å². The van der Waals surface area contributed by atoms with E-state index in [-0.39, 0.29) is 10.8 Å². The molecule has 0 saturated heterocycles. The summed E-state index contributed by atoms with van der Waals surface area (Å²) in [5, 5.41) is 0. The molecule has 0 amide bonds. The Morgan fingerprint density at radius 1 is 0.486 bits per heavy atom. The molecule has 0 aromatic rings. The Bertz CT molecular complexity index is 419. The number of unbranched alkanes of at least 4 members (excludes halogenated alkanes) is 4. The van der Waals surface area contributed by atoms with E-state index >= 15 is 0 Å². The quantitative estimate of drug-likeness (QED) is 0.0348. The van der Waals surface area contributed by atoms with Crippen LogP contribution in [0.5, 0.6) is 0 Å². The molecule has 0 heterocycles. The van der Waals surface area contributed by atoms with Gasteiger partial charge in [0.2, 0.25) is 0 Å². The largest absolute Gasteiger partial charge is 0.354 e. The van der Waals surface area contributed by atoms with E-state index in [9.17, 15) is 0 Å². The highest BCUT2D eigenvalue weighted by Crippen LogP contribution is 2.37. The molecule has 0 fully saturated rings. The summed E-state index contributed by atoms with van der Waals surface area (Å²) in [6.45, 7) is 16.9. The van der Waals surface area contributed by atoms with Crippen molar-refractivity contribution < 1.29 is 18.9 Å². The lowest BCUT2D eigenvalue weighted by Crippen LogP contribution is -2.43. The maximum absolute atomic E-state index is 6.44. The molecule has 0 aliphatic carbocycles. The first kappa shape index (κ1) is 38.3. The van der Waals surface area contributed by atoms with E-state index in [1.54, 1.807) is 0 Å². The molecule has 0 aromatic carbocycles. The van der Waals surface area contributed by atoms with E-state index in [0.717, 1.165) is 65.0 Å². The zero-order chi connectivity index (χ0) is 27.5. The molecule has 0 aliphatic heterocycles. The minimum Gasteiger partial charge on any atom is -0.354 e. The van der Waals surface area contributed by atoms with Gasteiger partial charge < -0.3 is 18.9 Å². The molecule has 37 heavy (non-hydrogen) atoms. The van der Waals surface area contributed by atoms with Crippen molar-refractivity contribution in [1.29, 1.82) is 0 Å². The molecule has 9 heteroatoms. The second-order valence-electron chi connectivity index (χ2n) is 10.0. The fraction of sp³-hybridized carbons (Fsp3) is 1.00. The number of ether oxygens (including phenoxy) is 4. The topological polar surface area (TPSA) is 36.9 Å². The minimum atomic E-state index is -0.398. The van der Waals surface area contributed by atoms with Gasteiger partial charge in [0.05, 0.1) is 19.0 Å². The fourth-order valence-electron chi connectivity index (χ4n) is 4.19. The van der Waals surface area contributed by atoms with Crippen LogP contribution in [0.25, 0.3) is 0 Å². The van der Waals surface area contributed by atoms with Crippen LogP contribution >= 0.6 is 31.4 Å². The Morgan fingerprint density at radius 3 is 1.08 bits per heavy atom. The van der Waals surface area contributed by atoms with Crippen molar-refractivity contribution in [1.82, 2.24) is 0 Å². The van der Waals surface area contributed by atoms with Gasteiger partial charge in [-0.25, -0.2) is 0 Å². The molecule has 4 nitrogen and oxygen atoms in total. The lowest BCUT2D eigenvalue weighted by Gasteiger charge is -2.34. The summed E-state index contributed by atoms with van der Waals surface area (Å²) in [6, 6.07) is 2.48. The summed E-state index contributed by atoms with van der Waals surface area (Å²) in [4.78, 5) is 0. The second kappa shape index (κ2) is 27.5. The molecular weight excluding hydrogens is 553 g/mol. The summed E-state index contributed by atoms with van der Waals surface area (Å²) in [7, 11) is 5.16. The second-order valence-corrected chi connectivity index (χ2v) is 19.7. The molecule has 0 radical (unpaired) electrons. The van der Waals surface area contributed by atoms with Gasteiger partial charge in [0.25, 0.3) is 0 Å². The van der Waals surface area contributed by atoms with Gasteiger partial charge in [0.15, 0.2) is 0 Å². The van der Waals surface area contributed by atoms with Crippen LogP contribution in [0.2, 0.25) is 12.1 Å². The van der Waals surface area contributed by atoms with E-state index in [1.165, 1.54) is 62.1 Å². The summed E-state index contributed by atoms with van der Waals surface area (Å²) in [5.41, 5.74) is -0.473. The first-order chi connectivity index (χ1) is 18.1. The zero-order valence-electron chi connectivity index (χ0n) is 25.4. The van der Waals surface area contributed by atoms with Crippen molar-refractivity contribution in [3.63, 3.8) is 0 Å². The number of hydrogen-bond acceptors (Lipinski definition) is 7. The molecule has 0 aromatic heterocycles. The van der Waals surface area contributed by atoms with Gasteiger partial charge in [0, 0.05) is 37.9 Å². The lowest BCUT2D eigenvalue weighted by molar-refractivity contribution is -0.186. The van der Waals surface area contributed by atoms with Crippen molar-refractivity contribution in [2.24, 2.45) is 0 Å². The summed E-state index contributed by atoms with van der Waals surface area (Å²) in [6.07, 6.45) is 13.7. The van der Waals surface area contributed by atoms with Gasteiger partial charge >= 0.3 is 0 Å². The molecule has 0 bridgehead atoms. The summed E-state index contributed by atoms with van der Waals surface area (Å²) >= 11 is 0. The van der Waals surface area contributed by atoms with Crippen LogP contribution < -0.4 is 0 Å². The Morgan fingerprint density at radius 2 is 0.811 bits per heavy atom. The maximum Gasteiger partial charge on any atom is 0.145 e. The number of hydrogen-bond donors (Lipinski definition) is 0. The highest BCUT2D eigenvalue weighted by molar-refractivity contribution is 9.09. The van der Waals surface area contributed by atoms with Gasteiger partial charge in [-0.1, -0.05) is 101 Å². The van der Waals surface area contributed by atoms with Crippen molar-refractivity contribution in [3.05, 3.63) is 0 Å². The monoisotopic (exact) mass is 614 g/mol. The van der Waals surface area contributed by atoms with Gasteiger partial charge in [-0.2, -0.15) is 0 Å². The zero-order valence-corrected chi connectivity index (χ0v) is 30.7. The SMILES string of the molecule is CCCCOC(CCCSSSCCCC(OCCCC)(OCCCC)[SiH2]CC)(OCCCC)[SiH2]CC. The smallest absolute Gasteiger partial charge is 0.145 e. The van der Waals surface area contributed by atoms with Gasteiger partial charge in [-0.05, 0) is 61.2 Å². The average Bonchev–Trinajstić information content (AvgIpc) is 2.88. The van der Waals surface area contributed by atoms with Crippen molar-refractivity contribution in [2.45, 2.75) is 142 Å². The van der Waals surface area contributed by atoms with Crippen LogP contribution in [-0.2, 0) is 18.9 Å². The Hall–Kier alpha value is 1.32. The fourth-order valence-corrected chi connectivity index (χ4v) is 11.7. The van der Waals surface area contributed by atoms with Gasteiger partial charge in [0.1, 0.15) is 10.8 Å². The first-order valence-electron chi connectivity index (χ1n) is 15.5. The normalized spacial score (nSPS) is 13.1. The molecular formula is C28H62O4S3Si2. The average molecular weight is 615 g/mol. The van der Waals surface area contributed by atoms with E-state index in [4.69, 9.17) is 18.9 Å². The Labute approximate surface area is 247 Å². The van der Waals surface area contributed by atoms with Crippen LogP contribution in [0.3, 0.4) is 0 Å². The summed E-state index contributed by atoms with van der Waals surface area (Å²) in [5.74, 6) is 2.33. The third kappa shape index (κ3) is 20.8. The Kier molecular flexibility index (Phi) is 28.5. The molecule has 0 saturated carbocycles. The third-order valence-electron chi connectivity index (χ3n) is 6.38. The standard InChI is InChI=1S/C28H62O4S3Si2/c1-7-13-21-29-27(36-11-5,30-22-14-8-2)19-17-25-33-35-34-26-18-20-28(37-12-6,31-23-15-9-3)32-24-16-10-4/h7-26,36-37H2,1-6H3. The molecule has 0 unspecified atom stereocenters. The maximum atomic E-state index is 6.44. The first-order valence-corrected chi connectivity index (χ1v) is 22.8. The van der Waals surface area contributed by atoms with Crippen molar-refractivity contribution in [2.75, 3.05) is 37.9 Å². The third-order valence-corrected chi connectivity index (χ3v) is 14.8. The number of rotatable bonds is 30. The van der Waals surface area contributed by atoms with Gasteiger partial charge in [-0.3, -0.25) is 0 Å². The van der Waals surface area contributed by atoms with Gasteiger partial charge in [-0.15, -0.1) is 0 Å². The molecule has 0 aliphatic rings. The minimum absolute atomic E-state index is 0.237. The predicted molar refractivity (Wildman–Crippen MR) is 178 cm³/mol. The Balaban J connectivity index is 4.43. The summed E-state index contributed by atoms with van der Waals surface area (Å²) < 4.78 is 25.7. The molecule has 224 valence electrons. The van der Waals surface area contributed by atoms with E-state index < -0.39 is 19.0 Å². The molecule has 0 atom stereocenters.